The minimum absolute atomic E-state index is 0.180. The predicted molar refractivity (Wildman–Crippen MR) is 70.4 cm³/mol. The van der Waals surface area contributed by atoms with Crippen molar-refractivity contribution in [3.05, 3.63) is 59.7 Å². The third-order valence-corrected chi connectivity index (χ3v) is 3.79. The summed E-state index contributed by atoms with van der Waals surface area (Å²) in [6, 6.07) is 11.6. The maximum Gasteiger partial charge on any atom is 0.523 e. The highest BCUT2D eigenvalue weighted by molar-refractivity contribution is 5.80. The Labute approximate surface area is 123 Å². The van der Waals surface area contributed by atoms with E-state index >= 15 is 0 Å². The van der Waals surface area contributed by atoms with E-state index in [2.05, 4.69) is 4.74 Å². The first-order valence-corrected chi connectivity index (χ1v) is 6.51. The van der Waals surface area contributed by atoms with E-state index in [0.717, 1.165) is 0 Å². The van der Waals surface area contributed by atoms with Crippen LogP contribution >= 0.6 is 0 Å². The Morgan fingerprint density at radius 1 is 0.773 bits per heavy atom. The van der Waals surface area contributed by atoms with Crippen molar-refractivity contribution in [1.29, 1.82) is 0 Å². The van der Waals surface area contributed by atoms with E-state index in [9.17, 15) is 22.0 Å². The molecule has 1 nitrogen and oxygen atoms in total. The lowest BCUT2D eigenvalue weighted by molar-refractivity contribution is -0.389. The van der Waals surface area contributed by atoms with Gasteiger partial charge in [-0.15, -0.1) is 13.2 Å². The van der Waals surface area contributed by atoms with Gasteiger partial charge in [-0.3, -0.25) is 4.74 Å². The number of halogens is 5. The van der Waals surface area contributed by atoms with Crippen LogP contribution in [-0.2, 0) is 10.3 Å². The minimum atomic E-state index is -5.20. The van der Waals surface area contributed by atoms with E-state index in [0.29, 0.717) is 18.1 Å². The van der Waals surface area contributed by atoms with Crippen molar-refractivity contribution in [2.45, 2.75) is 24.8 Å². The second kappa shape index (κ2) is 4.52. The van der Waals surface area contributed by atoms with E-state index in [1.807, 2.05) is 0 Å². The molecule has 116 valence electrons. The van der Waals surface area contributed by atoms with Crippen molar-refractivity contribution in [2.75, 3.05) is 0 Å². The molecular weight excluding hydrogens is 303 g/mol. The van der Waals surface area contributed by atoms with Gasteiger partial charge in [0.2, 0.25) is 0 Å². The van der Waals surface area contributed by atoms with Gasteiger partial charge in [0.25, 0.3) is 5.92 Å². The summed E-state index contributed by atoms with van der Waals surface area (Å²) in [6.45, 7) is 0.442. The average Bonchev–Trinajstić information content (AvgIpc) is 2.70. The molecule has 0 saturated carbocycles. The molecule has 0 radical (unpaired) electrons. The van der Waals surface area contributed by atoms with E-state index in [-0.39, 0.29) is 11.1 Å². The van der Waals surface area contributed by atoms with Crippen molar-refractivity contribution in [1.82, 2.24) is 0 Å². The van der Waals surface area contributed by atoms with Crippen LogP contribution in [-0.4, -0.2) is 12.3 Å². The molecule has 0 N–H and O–H groups in total. The molecule has 0 bridgehead atoms. The summed E-state index contributed by atoms with van der Waals surface area (Å²) in [6.07, 6.45) is -5.20. The van der Waals surface area contributed by atoms with Gasteiger partial charge in [0.15, 0.2) is 5.60 Å². The van der Waals surface area contributed by atoms with Crippen LogP contribution in [0.15, 0.2) is 48.5 Å². The molecular formula is C16H11F5O. The van der Waals surface area contributed by atoms with E-state index in [4.69, 9.17) is 0 Å². The van der Waals surface area contributed by atoms with E-state index in [1.165, 1.54) is 36.4 Å². The SMILES string of the molecule is CC(F)(F)C1(OC(F)(F)F)c2ccccc2-c2ccccc21. The van der Waals surface area contributed by atoms with Gasteiger partial charge in [0.1, 0.15) is 0 Å². The molecule has 1 aliphatic rings. The average molecular weight is 314 g/mol. The molecule has 0 unspecified atom stereocenters. The fourth-order valence-electron chi connectivity index (χ4n) is 3.04. The van der Waals surface area contributed by atoms with Gasteiger partial charge in [-0.2, -0.15) is 0 Å². The second-order valence-electron chi connectivity index (χ2n) is 5.21. The highest BCUT2D eigenvalue weighted by Crippen LogP contribution is 2.58. The Morgan fingerprint density at radius 2 is 1.18 bits per heavy atom. The lowest BCUT2D eigenvalue weighted by Gasteiger charge is -2.37. The molecule has 0 atom stereocenters. The fourth-order valence-corrected chi connectivity index (χ4v) is 3.04. The summed E-state index contributed by atoms with van der Waals surface area (Å²) in [4.78, 5) is 0. The van der Waals surface area contributed by atoms with Crippen LogP contribution in [0.5, 0.6) is 0 Å². The number of hydrogen-bond acceptors (Lipinski definition) is 1. The Bertz CT molecular complexity index is 669. The lowest BCUT2D eigenvalue weighted by Crippen LogP contribution is -2.48. The Hall–Kier alpha value is -1.95. The quantitative estimate of drug-likeness (QED) is 0.701. The second-order valence-corrected chi connectivity index (χ2v) is 5.21. The summed E-state index contributed by atoms with van der Waals surface area (Å²) < 4.78 is 71.5. The molecule has 22 heavy (non-hydrogen) atoms. The summed E-state index contributed by atoms with van der Waals surface area (Å²) in [5.41, 5.74) is -2.59. The molecule has 6 heteroatoms. The summed E-state index contributed by atoms with van der Waals surface area (Å²) >= 11 is 0. The number of rotatable bonds is 2. The third kappa shape index (κ3) is 2.01. The van der Waals surface area contributed by atoms with Gasteiger partial charge >= 0.3 is 6.36 Å². The lowest BCUT2D eigenvalue weighted by atomic mass is 9.85. The van der Waals surface area contributed by atoms with E-state index in [1.54, 1.807) is 12.1 Å². The fraction of sp³-hybridized carbons (Fsp3) is 0.250. The van der Waals surface area contributed by atoms with Crippen LogP contribution in [0.2, 0.25) is 0 Å². The van der Waals surface area contributed by atoms with Gasteiger partial charge in [0.05, 0.1) is 0 Å². The van der Waals surface area contributed by atoms with Crippen molar-refractivity contribution in [2.24, 2.45) is 0 Å². The number of ether oxygens (including phenoxy) is 1. The summed E-state index contributed by atoms with van der Waals surface area (Å²) in [5.74, 6) is -3.77. The van der Waals surface area contributed by atoms with Crippen LogP contribution < -0.4 is 0 Å². The normalized spacial score (nSPS) is 16.3. The molecule has 3 rings (SSSR count). The smallest absolute Gasteiger partial charge is 0.269 e. The molecule has 0 aliphatic heterocycles. The zero-order valence-corrected chi connectivity index (χ0v) is 11.4. The van der Waals surface area contributed by atoms with Gasteiger partial charge < -0.3 is 0 Å². The molecule has 0 spiro atoms. The van der Waals surface area contributed by atoms with Crippen LogP contribution in [0.4, 0.5) is 22.0 Å². The van der Waals surface area contributed by atoms with Crippen LogP contribution in [0.3, 0.4) is 0 Å². The maximum atomic E-state index is 14.3. The van der Waals surface area contributed by atoms with Gasteiger partial charge in [-0.05, 0) is 11.1 Å². The number of hydrogen-bond donors (Lipinski definition) is 0. The third-order valence-electron chi connectivity index (χ3n) is 3.79. The van der Waals surface area contributed by atoms with Crippen molar-refractivity contribution < 1.29 is 26.7 Å². The molecule has 0 saturated heterocycles. The van der Waals surface area contributed by atoms with Crippen LogP contribution in [0.1, 0.15) is 18.1 Å². The predicted octanol–water partition coefficient (Wildman–Crippen LogP) is 5.10. The first kappa shape index (κ1) is 15.0. The monoisotopic (exact) mass is 314 g/mol. The molecule has 0 heterocycles. The topological polar surface area (TPSA) is 9.23 Å². The molecule has 0 amide bonds. The van der Waals surface area contributed by atoms with Crippen LogP contribution in [0, 0.1) is 0 Å². The molecule has 1 aliphatic carbocycles. The van der Waals surface area contributed by atoms with Crippen molar-refractivity contribution >= 4 is 0 Å². The Morgan fingerprint density at radius 3 is 1.55 bits per heavy atom. The zero-order chi connectivity index (χ0) is 16.2. The van der Waals surface area contributed by atoms with Crippen LogP contribution in [0.25, 0.3) is 11.1 Å². The first-order chi connectivity index (χ1) is 10.2. The summed E-state index contributed by atoms with van der Waals surface area (Å²) in [7, 11) is 0. The number of alkyl halides is 5. The van der Waals surface area contributed by atoms with Gasteiger partial charge in [-0.25, -0.2) is 8.78 Å². The van der Waals surface area contributed by atoms with Crippen molar-refractivity contribution in [3.63, 3.8) is 0 Å². The molecule has 0 fully saturated rings. The minimum Gasteiger partial charge on any atom is -0.269 e. The number of benzene rings is 2. The van der Waals surface area contributed by atoms with Gasteiger partial charge in [0, 0.05) is 18.1 Å². The summed E-state index contributed by atoms with van der Waals surface area (Å²) in [5, 5.41) is 0. The molecule has 0 aromatic heterocycles. The standard InChI is InChI=1S/C16H11F5O/c1-14(17,18)15(22-16(19,20)21)12-8-4-2-6-10(12)11-7-3-5-9-13(11)15/h2-9H,1H3. The zero-order valence-electron chi connectivity index (χ0n) is 11.4. The highest BCUT2D eigenvalue weighted by Gasteiger charge is 2.63. The Kier molecular flexibility index (Phi) is 3.08. The molecule has 2 aromatic carbocycles. The van der Waals surface area contributed by atoms with E-state index < -0.39 is 17.9 Å². The first-order valence-electron chi connectivity index (χ1n) is 6.51. The highest BCUT2D eigenvalue weighted by atomic mass is 19.4. The van der Waals surface area contributed by atoms with Crippen molar-refractivity contribution in [3.8, 4) is 11.1 Å². The van der Waals surface area contributed by atoms with Gasteiger partial charge in [-0.1, -0.05) is 48.5 Å². The largest absolute Gasteiger partial charge is 0.523 e. The molecule has 2 aromatic rings. The Balaban J connectivity index is 2.39. The maximum absolute atomic E-state index is 14.3. The number of fused-ring (bicyclic) bond motifs is 3.